The lowest BCUT2D eigenvalue weighted by Gasteiger charge is -1.95. The first-order valence-corrected chi connectivity index (χ1v) is 7.50. The highest BCUT2D eigenvalue weighted by Gasteiger charge is 2.25. The normalized spacial score (nSPS) is 14.5. The molecule has 0 aliphatic heterocycles. The van der Waals surface area contributed by atoms with Crippen LogP contribution in [0.4, 0.5) is 0 Å². The summed E-state index contributed by atoms with van der Waals surface area (Å²) >= 11 is 1.13. The summed E-state index contributed by atoms with van der Waals surface area (Å²) < 4.78 is 3.30. The fourth-order valence-corrected chi connectivity index (χ4v) is 2.84. The lowest BCUT2D eigenvalue weighted by molar-refractivity contribution is 0.609. The molecule has 4 rings (SSSR count). The van der Waals surface area contributed by atoms with E-state index in [0.717, 1.165) is 35.4 Å². The monoisotopic (exact) mass is 300 g/mol. The Morgan fingerprint density at radius 3 is 2.86 bits per heavy atom. The number of aromatic nitrogens is 6. The van der Waals surface area contributed by atoms with E-state index in [9.17, 15) is 4.79 Å². The fourth-order valence-electron chi connectivity index (χ4n) is 2.07. The lowest BCUT2D eigenvalue weighted by Crippen LogP contribution is -2.15. The van der Waals surface area contributed by atoms with Crippen LogP contribution in [0, 0.1) is 0 Å². The molecule has 106 valence electrons. The summed E-state index contributed by atoms with van der Waals surface area (Å²) in [6, 6.07) is 4.17. The third kappa shape index (κ3) is 2.49. The zero-order valence-electron chi connectivity index (χ0n) is 11.1. The highest BCUT2D eigenvalue weighted by atomic mass is 32.1. The third-order valence-corrected chi connectivity index (χ3v) is 4.22. The molecule has 0 bridgehead atoms. The van der Waals surface area contributed by atoms with Gasteiger partial charge in [0.15, 0.2) is 0 Å². The molecule has 1 aliphatic rings. The maximum absolute atomic E-state index is 12.0. The van der Waals surface area contributed by atoms with Gasteiger partial charge in [-0.3, -0.25) is 9.78 Å². The summed E-state index contributed by atoms with van der Waals surface area (Å²) in [5.41, 5.74) is 1.66. The summed E-state index contributed by atoms with van der Waals surface area (Å²) in [7, 11) is 0. The van der Waals surface area contributed by atoms with Crippen LogP contribution in [-0.4, -0.2) is 29.8 Å². The van der Waals surface area contributed by atoms with Crippen LogP contribution in [-0.2, 0) is 6.54 Å². The Kier molecular flexibility index (Phi) is 2.88. The maximum atomic E-state index is 12.0. The highest BCUT2D eigenvalue weighted by Crippen LogP contribution is 2.33. The molecule has 0 unspecified atom stereocenters. The van der Waals surface area contributed by atoms with Crippen LogP contribution in [0.3, 0.4) is 0 Å². The van der Waals surface area contributed by atoms with Gasteiger partial charge in [0, 0.05) is 18.0 Å². The van der Waals surface area contributed by atoms with Gasteiger partial charge in [-0.15, -0.1) is 5.10 Å². The minimum atomic E-state index is -0.0946. The largest absolute Gasteiger partial charge is 0.325 e. The molecule has 0 radical (unpaired) electrons. The van der Waals surface area contributed by atoms with E-state index < -0.39 is 0 Å². The van der Waals surface area contributed by atoms with Gasteiger partial charge in [0.25, 0.3) is 0 Å². The summed E-state index contributed by atoms with van der Waals surface area (Å²) in [5.74, 6) is 0. The highest BCUT2D eigenvalue weighted by molar-refractivity contribution is 7.12. The summed E-state index contributed by atoms with van der Waals surface area (Å²) in [6.45, 7) is 0.354. The molecule has 0 aromatic carbocycles. The van der Waals surface area contributed by atoms with Crippen molar-refractivity contribution in [3.8, 4) is 10.6 Å². The van der Waals surface area contributed by atoms with Crippen LogP contribution < -0.4 is 4.87 Å². The Balaban J connectivity index is 1.60. The van der Waals surface area contributed by atoms with Gasteiger partial charge in [-0.2, -0.15) is 5.10 Å². The topological polar surface area (TPSA) is 78.5 Å². The molecule has 8 heteroatoms. The van der Waals surface area contributed by atoms with Crippen molar-refractivity contribution in [2.75, 3.05) is 0 Å². The lowest BCUT2D eigenvalue weighted by atomic mass is 10.3. The second kappa shape index (κ2) is 4.88. The number of nitrogens with zero attached hydrogens (tertiary/aromatic N) is 6. The van der Waals surface area contributed by atoms with E-state index in [-0.39, 0.29) is 4.87 Å². The number of rotatable bonds is 4. The molecular formula is C13H12N6OS. The Labute approximate surface area is 123 Å². The van der Waals surface area contributed by atoms with Crippen LogP contribution in [0.2, 0.25) is 0 Å². The van der Waals surface area contributed by atoms with Crippen molar-refractivity contribution in [1.29, 1.82) is 0 Å². The third-order valence-electron chi connectivity index (χ3n) is 3.32. The number of hydrogen-bond acceptors (Lipinski definition) is 6. The van der Waals surface area contributed by atoms with Gasteiger partial charge in [0.05, 0.1) is 18.8 Å². The van der Waals surface area contributed by atoms with Crippen LogP contribution in [0.15, 0.2) is 35.5 Å². The molecule has 1 aliphatic carbocycles. The fraction of sp³-hybridized carbons (Fsp3) is 0.308. The Morgan fingerprint density at radius 1 is 1.29 bits per heavy atom. The van der Waals surface area contributed by atoms with Crippen molar-refractivity contribution in [3.63, 3.8) is 0 Å². The average molecular weight is 300 g/mol. The Morgan fingerprint density at radius 2 is 2.10 bits per heavy atom. The predicted octanol–water partition coefficient (Wildman–Crippen LogP) is 1.34. The SMILES string of the molecule is O=c1sc(-c2ccncc2)nn1Cc1cn(C2CC2)nn1. The first-order chi connectivity index (χ1) is 10.3. The molecule has 7 nitrogen and oxygen atoms in total. The Hall–Kier alpha value is -2.35. The van der Waals surface area contributed by atoms with Gasteiger partial charge >= 0.3 is 4.87 Å². The second-order valence-electron chi connectivity index (χ2n) is 4.99. The van der Waals surface area contributed by atoms with Crippen molar-refractivity contribution in [1.82, 2.24) is 29.8 Å². The van der Waals surface area contributed by atoms with Gasteiger partial charge in [-0.05, 0) is 25.0 Å². The van der Waals surface area contributed by atoms with E-state index in [1.807, 2.05) is 23.0 Å². The molecule has 0 N–H and O–H groups in total. The van der Waals surface area contributed by atoms with Crippen LogP contribution in [0.5, 0.6) is 0 Å². The van der Waals surface area contributed by atoms with Gasteiger partial charge in [0.2, 0.25) is 0 Å². The molecule has 1 fully saturated rings. The van der Waals surface area contributed by atoms with E-state index in [1.165, 1.54) is 4.68 Å². The van der Waals surface area contributed by atoms with Gasteiger partial charge in [0.1, 0.15) is 10.7 Å². The van der Waals surface area contributed by atoms with Gasteiger partial charge < -0.3 is 0 Å². The second-order valence-corrected chi connectivity index (χ2v) is 5.93. The van der Waals surface area contributed by atoms with Gasteiger partial charge in [-0.1, -0.05) is 16.6 Å². The van der Waals surface area contributed by atoms with Gasteiger partial charge in [-0.25, -0.2) is 9.36 Å². The standard InChI is InChI=1S/C13H12N6OS/c20-13-19(8-10-7-18(17-15-10)11-1-2-11)16-12(21-13)9-3-5-14-6-4-9/h3-7,11H,1-2,8H2. The minimum absolute atomic E-state index is 0.0946. The van der Waals surface area contributed by atoms with Crippen LogP contribution >= 0.6 is 11.3 Å². The number of pyridine rings is 1. The quantitative estimate of drug-likeness (QED) is 0.726. The van der Waals surface area contributed by atoms with E-state index in [1.54, 1.807) is 12.4 Å². The van der Waals surface area contributed by atoms with E-state index >= 15 is 0 Å². The summed E-state index contributed by atoms with van der Waals surface area (Å²) in [4.78, 5) is 15.9. The van der Waals surface area contributed by atoms with Crippen molar-refractivity contribution in [3.05, 3.63) is 46.1 Å². The smallest absolute Gasteiger partial charge is 0.265 e. The summed E-state index contributed by atoms with van der Waals surface area (Å²) in [5, 5.41) is 13.2. The molecule has 3 heterocycles. The number of hydrogen-bond donors (Lipinski definition) is 0. The zero-order valence-corrected chi connectivity index (χ0v) is 11.9. The first kappa shape index (κ1) is 12.4. The van der Waals surface area contributed by atoms with Crippen LogP contribution in [0.25, 0.3) is 10.6 Å². The first-order valence-electron chi connectivity index (χ1n) is 6.68. The maximum Gasteiger partial charge on any atom is 0.325 e. The molecule has 1 saturated carbocycles. The molecule has 3 aromatic heterocycles. The molecule has 0 spiro atoms. The van der Waals surface area contributed by atoms with E-state index in [2.05, 4.69) is 20.4 Å². The molecule has 21 heavy (non-hydrogen) atoms. The molecule has 0 saturated heterocycles. The minimum Gasteiger partial charge on any atom is -0.265 e. The molecule has 3 aromatic rings. The molecule has 0 atom stereocenters. The van der Waals surface area contributed by atoms with Crippen molar-refractivity contribution in [2.24, 2.45) is 0 Å². The van der Waals surface area contributed by atoms with Crippen molar-refractivity contribution < 1.29 is 0 Å². The predicted molar refractivity (Wildman–Crippen MR) is 77.0 cm³/mol. The average Bonchev–Trinajstić information content (AvgIpc) is 3.16. The summed E-state index contributed by atoms with van der Waals surface area (Å²) in [6.07, 6.45) is 7.59. The zero-order chi connectivity index (χ0) is 14.2. The van der Waals surface area contributed by atoms with E-state index in [4.69, 9.17) is 0 Å². The molecular weight excluding hydrogens is 288 g/mol. The van der Waals surface area contributed by atoms with Crippen molar-refractivity contribution in [2.45, 2.75) is 25.4 Å². The van der Waals surface area contributed by atoms with E-state index in [0.29, 0.717) is 17.6 Å². The van der Waals surface area contributed by atoms with Crippen LogP contribution in [0.1, 0.15) is 24.6 Å². The Bertz CT molecular complexity index is 817. The van der Waals surface area contributed by atoms with Crippen molar-refractivity contribution >= 4 is 11.3 Å². The molecule has 0 amide bonds.